The number of aryl methyl sites for hydroxylation is 1. The van der Waals surface area contributed by atoms with Gasteiger partial charge in [0.2, 0.25) is 11.8 Å². The maximum absolute atomic E-state index is 12.4. The van der Waals surface area contributed by atoms with Crippen LogP contribution < -0.4 is 16.4 Å². The molecule has 0 saturated heterocycles. The van der Waals surface area contributed by atoms with E-state index in [-0.39, 0.29) is 11.8 Å². The minimum Gasteiger partial charge on any atom is -0.453 e. The number of anilines is 2. The van der Waals surface area contributed by atoms with Crippen molar-refractivity contribution < 1.29 is 19.1 Å². The Hall–Kier alpha value is -3.53. The van der Waals surface area contributed by atoms with Gasteiger partial charge in [0.1, 0.15) is 0 Å². The van der Waals surface area contributed by atoms with E-state index in [2.05, 4.69) is 25.3 Å². The molecule has 0 aliphatic heterocycles. The van der Waals surface area contributed by atoms with Crippen molar-refractivity contribution in [2.24, 2.45) is 5.73 Å². The van der Waals surface area contributed by atoms with Crippen LogP contribution in [0, 0.1) is 6.92 Å². The summed E-state index contributed by atoms with van der Waals surface area (Å²) in [6, 6.07) is 7.72. The van der Waals surface area contributed by atoms with Crippen molar-refractivity contribution in [1.29, 1.82) is 0 Å². The molecule has 2 aromatic heterocycles. The van der Waals surface area contributed by atoms with Gasteiger partial charge in [-0.2, -0.15) is 0 Å². The summed E-state index contributed by atoms with van der Waals surface area (Å²) < 4.78 is 5.63. The molecule has 0 radical (unpaired) electrons. The number of fused-ring (bicyclic) bond motifs is 1. The molecular formula is C27H35N5O4S. The molecule has 0 saturated carbocycles. The number of nitrogens with one attached hydrogen (secondary N) is 2. The van der Waals surface area contributed by atoms with E-state index in [9.17, 15) is 14.4 Å². The number of methoxy groups -OCH3 is 1. The van der Waals surface area contributed by atoms with Crippen LogP contribution in [0.5, 0.6) is 0 Å². The zero-order chi connectivity index (χ0) is 26.6. The van der Waals surface area contributed by atoms with Crippen molar-refractivity contribution in [3.63, 3.8) is 0 Å². The molecule has 0 unspecified atom stereocenters. The summed E-state index contributed by atoms with van der Waals surface area (Å²) in [5.74, 6) is -0.245. The summed E-state index contributed by atoms with van der Waals surface area (Å²) >= 11 is 1.43. The molecule has 9 nitrogen and oxygen atoms in total. The van der Waals surface area contributed by atoms with Crippen molar-refractivity contribution in [1.82, 2.24) is 9.97 Å². The number of carbonyl (C=O) groups is 3. The molecule has 0 atom stereocenters. The summed E-state index contributed by atoms with van der Waals surface area (Å²) in [4.78, 5) is 43.6. The molecule has 0 fully saturated rings. The third-order valence-corrected chi connectivity index (χ3v) is 6.99. The Morgan fingerprint density at radius 2 is 1.59 bits per heavy atom. The molecule has 3 rings (SSSR count). The standard InChI is InChI=1S/C27H35N5O4S/c1-18-22(31-27(35)36-2)15-20(17-29-18)19-13-14-21-23(16-19)37-26(30-21)32-25(34)12-10-8-6-4-3-5-7-9-11-24(28)33/h13-17H,3-12H2,1-2H3,(H2,28,33)(H,31,35)(H,30,32,34). The lowest BCUT2D eigenvalue weighted by atomic mass is 10.1. The van der Waals surface area contributed by atoms with Crippen molar-refractivity contribution in [2.75, 3.05) is 17.7 Å². The number of hydrogen-bond acceptors (Lipinski definition) is 7. The smallest absolute Gasteiger partial charge is 0.411 e. The summed E-state index contributed by atoms with van der Waals surface area (Å²) in [5, 5.41) is 6.19. The molecular weight excluding hydrogens is 490 g/mol. The van der Waals surface area contributed by atoms with Crippen molar-refractivity contribution in [3.05, 3.63) is 36.2 Å². The quantitative estimate of drug-likeness (QED) is 0.215. The van der Waals surface area contributed by atoms with Crippen LogP contribution in [0.3, 0.4) is 0 Å². The molecule has 0 aliphatic rings. The van der Waals surface area contributed by atoms with Crippen LogP contribution in [-0.2, 0) is 14.3 Å². The van der Waals surface area contributed by atoms with Gasteiger partial charge >= 0.3 is 6.09 Å². The number of unbranched alkanes of at least 4 members (excludes halogenated alkanes) is 7. The highest BCUT2D eigenvalue weighted by molar-refractivity contribution is 7.22. The van der Waals surface area contributed by atoms with Gasteiger partial charge < -0.3 is 15.8 Å². The van der Waals surface area contributed by atoms with Gasteiger partial charge in [-0.3, -0.25) is 19.9 Å². The third kappa shape index (κ3) is 9.13. The minimum atomic E-state index is -0.547. The van der Waals surface area contributed by atoms with E-state index >= 15 is 0 Å². The lowest BCUT2D eigenvalue weighted by Gasteiger charge is -2.09. The second-order valence-electron chi connectivity index (χ2n) is 9.02. The monoisotopic (exact) mass is 525 g/mol. The van der Waals surface area contributed by atoms with Gasteiger partial charge in [0.25, 0.3) is 0 Å². The highest BCUT2D eigenvalue weighted by Gasteiger charge is 2.11. The minimum absolute atomic E-state index is 0.0213. The van der Waals surface area contributed by atoms with Crippen LogP contribution in [0.2, 0.25) is 0 Å². The highest BCUT2D eigenvalue weighted by atomic mass is 32.1. The van der Waals surface area contributed by atoms with E-state index in [0.717, 1.165) is 72.7 Å². The van der Waals surface area contributed by atoms with Crippen LogP contribution in [-0.4, -0.2) is 35.0 Å². The molecule has 0 aliphatic carbocycles. The Labute approximate surface area is 221 Å². The van der Waals surface area contributed by atoms with E-state index in [1.807, 2.05) is 31.2 Å². The normalized spacial score (nSPS) is 10.9. The Morgan fingerprint density at radius 3 is 2.27 bits per heavy atom. The number of hydrogen-bond donors (Lipinski definition) is 3. The zero-order valence-electron chi connectivity index (χ0n) is 21.5. The number of rotatable bonds is 14. The van der Waals surface area contributed by atoms with Crippen molar-refractivity contribution in [2.45, 2.75) is 71.1 Å². The van der Waals surface area contributed by atoms with Crippen molar-refractivity contribution >= 4 is 50.3 Å². The average molecular weight is 526 g/mol. The lowest BCUT2D eigenvalue weighted by molar-refractivity contribution is -0.118. The Morgan fingerprint density at radius 1 is 0.919 bits per heavy atom. The highest BCUT2D eigenvalue weighted by Crippen LogP contribution is 2.31. The molecule has 198 valence electrons. The first-order valence-electron chi connectivity index (χ1n) is 12.7. The van der Waals surface area contributed by atoms with Crippen LogP contribution in [0.15, 0.2) is 30.5 Å². The van der Waals surface area contributed by atoms with E-state index < -0.39 is 6.09 Å². The number of nitrogens with zero attached hydrogens (tertiary/aromatic N) is 2. The maximum atomic E-state index is 12.4. The number of aromatic nitrogens is 2. The first-order chi connectivity index (χ1) is 17.9. The molecule has 3 aromatic rings. The molecule has 37 heavy (non-hydrogen) atoms. The van der Waals surface area contributed by atoms with Crippen LogP contribution in [0.25, 0.3) is 21.3 Å². The largest absolute Gasteiger partial charge is 0.453 e. The van der Waals surface area contributed by atoms with E-state index in [1.165, 1.54) is 18.4 Å². The van der Waals surface area contributed by atoms with E-state index in [4.69, 9.17) is 5.73 Å². The van der Waals surface area contributed by atoms with Crippen molar-refractivity contribution in [3.8, 4) is 11.1 Å². The number of benzene rings is 1. The topological polar surface area (TPSA) is 136 Å². The van der Waals surface area contributed by atoms with E-state index in [0.29, 0.717) is 29.4 Å². The summed E-state index contributed by atoms with van der Waals surface area (Å²) in [6.45, 7) is 1.81. The Kier molecular flexibility index (Phi) is 10.8. The first kappa shape index (κ1) is 28.0. The summed E-state index contributed by atoms with van der Waals surface area (Å²) in [7, 11) is 1.32. The molecule has 3 amide bonds. The van der Waals surface area contributed by atoms with Gasteiger partial charge in [0, 0.05) is 24.6 Å². The number of amides is 3. The summed E-state index contributed by atoms with van der Waals surface area (Å²) in [6.07, 6.45) is 10.5. The first-order valence-corrected chi connectivity index (χ1v) is 13.5. The Balaban J connectivity index is 1.46. The predicted octanol–water partition coefficient (Wildman–Crippen LogP) is 6.17. The van der Waals surface area contributed by atoms with Gasteiger partial charge in [0.15, 0.2) is 5.13 Å². The lowest BCUT2D eigenvalue weighted by Crippen LogP contribution is -2.12. The fourth-order valence-corrected chi connectivity index (χ4v) is 4.88. The molecule has 4 N–H and O–H groups in total. The Bertz CT molecular complexity index is 1230. The number of thiazole rings is 1. The number of carbonyl (C=O) groups excluding carboxylic acids is 3. The van der Waals surface area contributed by atoms with Gasteiger partial charge in [-0.1, -0.05) is 55.9 Å². The predicted molar refractivity (Wildman–Crippen MR) is 148 cm³/mol. The summed E-state index contributed by atoms with van der Waals surface area (Å²) in [5.41, 5.74) is 9.01. The SMILES string of the molecule is COC(=O)Nc1cc(-c2ccc3nc(NC(=O)CCCCCCCCCCC(N)=O)sc3c2)cnc1C. The maximum Gasteiger partial charge on any atom is 0.411 e. The van der Waals surface area contributed by atoms with Crippen LogP contribution in [0.4, 0.5) is 15.6 Å². The third-order valence-electron chi connectivity index (χ3n) is 6.05. The van der Waals surface area contributed by atoms with Crippen LogP contribution >= 0.6 is 11.3 Å². The number of primary amides is 1. The van der Waals surface area contributed by atoms with Crippen LogP contribution in [0.1, 0.15) is 69.9 Å². The van der Waals surface area contributed by atoms with E-state index in [1.54, 1.807) is 6.20 Å². The number of nitrogens with two attached hydrogens (primary N) is 1. The fourth-order valence-electron chi connectivity index (χ4n) is 3.96. The van der Waals surface area contributed by atoms with Gasteiger partial charge in [-0.05, 0) is 43.5 Å². The molecule has 10 heteroatoms. The number of pyridine rings is 1. The molecule has 1 aromatic carbocycles. The molecule has 0 spiro atoms. The fraction of sp³-hybridized carbons (Fsp3) is 0.444. The average Bonchev–Trinajstić information content (AvgIpc) is 3.27. The van der Waals surface area contributed by atoms with Gasteiger partial charge in [-0.25, -0.2) is 9.78 Å². The second-order valence-corrected chi connectivity index (χ2v) is 10.0. The molecule has 0 bridgehead atoms. The van der Waals surface area contributed by atoms with Gasteiger partial charge in [0.05, 0.1) is 28.7 Å². The molecule has 2 heterocycles. The second kappa shape index (κ2) is 14.3. The zero-order valence-corrected chi connectivity index (χ0v) is 22.3. The number of ether oxygens (including phenoxy) is 1. The van der Waals surface area contributed by atoms with Gasteiger partial charge in [-0.15, -0.1) is 0 Å².